The average molecular weight is 240 g/mol. The van der Waals surface area contributed by atoms with Crippen molar-refractivity contribution < 1.29 is 8.78 Å². The summed E-state index contributed by atoms with van der Waals surface area (Å²) in [5, 5.41) is 0. The molecule has 86 valence electrons. The highest BCUT2D eigenvalue weighted by Gasteiger charge is 2.48. The van der Waals surface area contributed by atoms with Gasteiger partial charge >= 0.3 is 0 Å². The maximum atomic E-state index is 13.9. The van der Waals surface area contributed by atoms with E-state index in [1.807, 2.05) is 6.07 Å². The normalized spacial score (nSPS) is 20.6. The molecule has 3 rings (SSSR count). The highest BCUT2D eigenvalue weighted by atomic mass is 32.2. The summed E-state index contributed by atoms with van der Waals surface area (Å²) in [6, 6.07) is 5.24. The lowest BCUT2D eigenvalue weighted by atomic mass is 9.99. The van der Waals surface area contributed by atoms with Crippen LogP contribution in [0.5, 0.6) is 0 Å². The van der Waals surface area contributed by atoms with Crippen LogP contribution in [-0.4, -0.2) is 5.75 Å². The predicted molar refractivity (Wildman–Crippen MR) is 62.1 cm³/mol. The van der Waals surface area contributed by atoms with Gasteiger partial charge in [0.15, 0.2) is 0 Å². The number of rotatable bonds is 2. The minimum atomic E-state index is -2.60. The molecule has 0 amide bonds. The summed E-state index contributed by atoms with van der Waals surface area (Å²) in [7, 11) is 0. The molecule has 0 saturated heterocycles. The first-order valence-electron chi connectivity index (χ1n) is 5.82. The number of hydrogen-bond acceptors (Lipinski definition) is 1. The van der Waals surface area contributed by atoms with Gasteiger partial charge in [-0.25, -0.2) is 8.78 Å². The van der Waals surface area contributed by atoms with Gasteiger partial charge in [-0.15, -0.1) is 11.8 Å². The first-order valence-corrected chi connectivity index (χ1v) is 6.80. The Morgan fingerprint density at radius 1 is 1.25 bits per heavy atom. The number of benzene rings is 1. The van der Waals surface area contributed by atoms with E-state index in [0.29, 0.717) is 12.8 Å². The Balaban J connectivity index is 1.96. The molecule has 1 aliphatic carbocycles. The molecule has 1 aromatic carbocycles. The summed E-state index contributed by atoms with van der Waals surface area (Å²) < 4.78 is 27.8. The smallest absolute Gasteiger partial charge is 0.201 e. The number of alkyl halides is 2. The van der Waals surface area contributed by atoms with Crippen LogP contribution in [0, 0.1) is 5.92 Å². The summed E-state index contributed by atoms with van der Waals surface area (Å²) in [6.45, 7) is 0. The third-order valence-corrected chi connectivity index (χ3v) is 4.59. The zero-order chi connectivity index (χ0) is 11.2. The van der Waals surface area contributed by atoms with Crippen LogP contribution in [0.1, 0.15) is 30.4 Å². The van der Waals surface area contributed by atoms with Gasteiger partial charge in [-0.2, -0.15) is 0 Å². The van der Waals surface area contributed by atoms with Gasteiger partial charge < -0.3 is 0 Å². The molecule has 2 aliphatic rings. The van der Waals surface area contributed by atoms with Crippen molar-refractivity contribution in [3.05, 3.63) is 29.3 Å². The molecule has 0 atom stereocenters. The minimum Gasteiger partial charge on any atom is -0.201 e. The Kier molecular flexibility index (Phi) is 2.46. The van der Waals surface area contributed by atoms with Gasteiger partial charge in [-0.1, -0.05) is 6.07 Å². The van der Waals surface area contributed by atoms with Gasteiger partial charge in [0.25, 0.3) is 5.92 Å². The summed E-state index contributed by atoms with van der Waals surface area (Å²) in [4.78, 5) is 1.20. The monoisotopic (exact) mass is 240 g/mol. The first kappa shape index (κ1) is 10.6. The van der Waals surface area contributed by atoms with Gasteiger partial charge in [0.2, 0.25) is 0 Å². The first-order chi connectivity index (χ1) is 7.68. The SMILES string of the molecule is FC(F)(c1ccc2c(c1)CCCS2)C1CC1. The van der Waals surface area contributed by atoms with Crippen LogP contribution >= 0.6 is 11.8 Å². The largest absolute Gasteiger partial charge is 0.276 e. The van der Waals surface area contributed by atoms with Crippen molar-refractivity contribution in [2.75, 3.05) is 5.75 Å². The van der Waals surface area contributed by atoms with Gasteiger partial charge in [-0.05, 0) is 49.1 Å². The van der Waals surface area contributed by atoms with E-state index in [9.17, 15) is 8.78 Å². The predicted octanol–water partition coefficient (Wildman–Crippen LogP) is 4.23. The van der Waals surface area contributed by atoms with Crippen molar-refractivity contribution in [2.24, 2.45) is 5.92 Å². The van der Waals surface area contributed by atoms with Gasteiger partial charge in [0, 0.05) is 16.4 Å². The Labute approximate surface area is 98.4 Å². The van der Waals surface area contributed by atoms with E-state index in [0.717, 1.165) is 24.2 Å². The fourth-order valence-electron chi connectivity index (χ4n) is 2.25. The standard InChI is InChI=1S/C13H14F2S/c14-13(15,10-3-4-10)11-5-6-12-9(8-11)2-1-7-16-12/h5-6,8,10H,1-4,7H2. The number of hydrogen-bond donors (Lipinski definition) is 0. The highest BCUT2D eigenvalue weighted by molar-refractivity contribution is 7.99. The van der Waals surface area contributed by atoms with Crippen LogP contribution in [0.4, 0.5) is 8.78 Å². The number of fused-ring (bicyclic) bond motifs is 1. The van der Waals surface area contributed by atoms with Crippen LogP contribution in [-0.2, 0) is 12.3 Å². The lowest BCUT2D eigenvalue weighted by molar-refractivity contribution is -0.0286. The zero-order valence-corrected chi connectivity index (χ0v) is 9.83. The van der Waals surface area contributed by atoms with Crippen LogP contribution in [0.15, 0.2) is 23.1 Å². The van der Waals surface area contributed by atoms with E-state index in [4.69, 9.17) is 0 Å². The van der Waals surface area contributed by atoms with Gasteiger partial charge in [0.1, 0.15) is 0 Å². The highest BCUT2D eigenvalue weighted by Crippen LogP contribution is 2.50. The average Bonchev–Trinajstić information content (AvgIpc) is 3.12. The summed E-state index contributed by atoms with van der Waals surface area (Å²) in [5.74, 6) is -1.88. The number of halogens is 2. The van der Waals surface area contributed by atoms with E-state index in [1.54, 1.807) is 23.9 Å². The van der Waals surface area contributed by atoms with Gasteiger partial charge in [0.05, 0.1) is 0 Å². The molecule has 0 N–H and O–H groups in total. The molecule has 1 fully saturated rings. The molecule has 3 heteroatoms. The zero-order valence-electron chi connectivity index (χ0n) is 9.01. The lowest BCUT2D eigenvalue weighted by Crippen LogP contribution is -2.16. The maximum Gasteiger partial charge on any atom is 0.276 e. The van der Waals surface area contributed by atoms with Crippen LogP contribution in [0.3, 0.4) is 0 Å². The van der Waals surface area contributed by atoms with Crippen molar-refractivity contribution in [3.8, 4) is 0 Å². The van der Waals surface area contributed by atoms with Crippen molar-refractivity contribution in [2.45, 2.75) is 36.5 Å². The van der Waals surface area contributed by atoms with E-state index >= 15 is 0 Å². The second kappa shape index (κ2) is 3.73. The van der Waals surface area contributed by atoms with Crippen molar-refractivity contribution in [3.63, 3.8) is 0 Å². The van der Waals surface area contributed by atoms with E-state index in [1.165, 1.54) is 4.90 Å². The molecule has 1 aromatic rings. The van der Waals surface area contributed by atoms with E-state index in [-0.39, 0.29) is 5.56 Å². The molecule has 0 unspecified atom stereocenters. The molecular formula is C13H14F2S. The van der Waals surface area contributed by atoms with Crippen molar-refractivity contribution >= 4 is 11.8 Å². The summed E-state index contributed by atoms with van der Waals surface area (Å²) in [5.41, 5.74) is 1.35. The number of aryl methyl sites for hydroxylation is 1. The Morgan fingerprint density at radius 2 is 2.06 bits per heavy atom. The lowest BCUT2D eigenvalue weighted by Gasteiger charge is -2.20. The molecular weight excluding hydrogens is 226 g/mol. The second-order valence-electron chi connectivity index (χ2n) is 4.67. The fraction of sp³-hybridized carbons (Fsp3) is 0.538. The maximum absolute atomic E-state index is 13.9. The topological polar surface area (TPSA) is 0 Å². The van der Waals surface area contributed by atoms with Crippen molar-refractivity contribution in [1.82, 2.24) is 0 Å². The quantitative estimate of drug-likeness (QED) is 0.745. The third kappa shape index (κ3) is 1.75. The number of thioether (sulfide) groups is 1. The van der Waals surface area contributed by atoms with Crippen LogP contribution in [0.25, 0.3) is 0 Å². The Morgan fingerprint density at radius 3 is 2.81 bits per heavy atom. The molecule has 16 heavy (non-hydrogen) atoms. The Bertz CT molecular complexity index is 410. The minimum absolute atomic E-state index is 0.233. The van der Waals surface area contributed by atoms with E-state index < -0.39 is 11.8 Å². The van der Waals surface area contributed by atoms with E-state index in [2.05, 4.69) is 0 Å². The van der Waals surface area contributed by atoms with Crippen molar-refractivity contribution in [1.29, 1.82) is 0 Å². The van der Waals surface area contributed by atoms with Gasteiger partial charge in [-0.3, -0.25) is 0 Å². The molecule has 0 nitrogen and oxygen atoms in total. The summed E-state index contributed by atoms with van der Waals surface area (Å²) >= 11 is 1.79. The Hall–Kier alpha value is -0.570. The fourth-order valence-corrected chi connectivity index (χ4v) is 3.27. The van der Waals surface area contributed by atoms with Crippen LogP contribution < -0.4 is 0 Å². The second-order valence-corrected chi connectivity index (χ2v) is 5.81. The third-order valence-electron chi connectivity index (χ3n) is 3.38. The molecule has 1 heterocycles. The molecule has 1 saturated carbocycles. The van der Waals surface area contributed by atoms with Crippen LogP contribution in [0.2, 0.25) is 0 Å². The molecule has 0 radical (unpaired) electrons. The molecule has 0 aromatic heterocycles. The molecule has 0 bridgehead atoms. The molecule has 0 spiro atoms. The summed E-state index contributed by atoms with van der Waals surface area (Å²) in [6.07, 6.45) is 3.42. The molecule has 1 aliphatic heterocycles.